The number of nitrogens with zero attached hydrogens (tertiary/aromatic N) is 3. The predicted octanol–water partition coefficient (Wildman–Crippen LogP) is 4.64. The standard InChI is InChI=1S/C15H13N3O/c1-11(17-18-16)14-5-3-4-6-15(14)12-7-9-13(19-2)10-8-12/h3-10H,1H2,2H3. The van der Waals surface area contributed by atoms with Crippen LogP contribution in [0.2, 0.25) is 0 Å². The second-order valence-electron chi connectivity index (χ2n) is 3.91. The van der Waals surface area contributed by atoms with E-state index in [4.69, 9.17) is 10.3 Å². The van der Waals surface area contributed by atoms with Crippen LogP contribution in [0.15, 0.2) is 60.2 Å². The zero-order valence-electron chi connectivity index (χ0n) is 10.6. The fraction of sp³-hybridized carbons (Fsp3) is 0.0667. The van der Waals surface area contributed by atoms with Crippen LogP contribution in [0.4, 0.5) is 0 Å². The Balaban J connectivity index is 2.49. The number of rotatable bonds is 4. The summed E-state index contributed by atoms with van der Waals surface area (Å²) < 4.78 is 5.14. The fourth-order valence-corrected chi connectivity index (χ4v) is 1.86. The van der Waals surface area contributed by atoms with Crippen LogP contribution in [0.3, 0.4) is 0 Å². The average Bonchev–Trinajstić information content (AvgIpc) is 2.47. The quantitative estimate of drug-likeness (QED) is 0.443. The van der Waals surface area contributed by atoms with E-state index in [1.807, 2.05) is 48.5 Å². The molecule has 94 valence electrons. The molecule has 0 aliphatic rings. The third kappa shape index (κ3) is 2.76. The van der Waals surface area contributed by atoms with Crippen LogP contribution in [0, 0.1) is 0 Å². The smallest absolute Gasteiger partial charge is 0.118 e. The zero-order chi connectivity index (χ0) is 13.7. The van der Waals surface area contributed by atoms with Crippen LogP contribution in [0.1, 0.15) is 5.56 Å². The lowest BCUT2D eigenvalue weighted by molar-refractivity contribution is 0.415. The van der Waals surface area contributed by atoms with Crippen molar-refractivity contribution in [2.45, 2.75) is 0 Å². The van der Waals surface area contributed by atoms with E-state index in [-0.39, 0.29) is 0 Å². The highest BCUT2D eigenvalue weighted by atomic mass is 16.5. The summed E-state index contributed by atoms with van der Waals surface area (Å²) in [4.78, 5) is 2.78. The molecule has 0 aliphatic carbocycles. The van der Waals surface area contributed by atoms with Gasteiger partial charge in [0.1, 0.15) is 5.75 Å². The summed E-state index contributed by atoms with van der Waals surface area (Å²) in [5, 5.41) is 3.58. The minimum atomic E-state index is 0.411. The van der Waals surface area contributed by atoms with Gasteiger partial charge in [0.25, 0.3) is 0 Å². The van der Waals surface area contributed by atoms with Gasteiger partial charge in [0.2, 0.25) is 0 Å². The van der Waals surface area contributed by atoms with Gasteiger partial charge in [-0.05, 0) is 34.4 Å². The first-order chi connectivity index (χ1) is 9.26. The van der Waals surface area contributed by atoms with Crippen molar-refractivity contribution >= 4 is 5.70 Å². The van der Waals surface area contributed by atoms with Gasteiger partial charge in [-0.15, -0.1) is 0 Å². The third-order valence-electron chi connectivity index (χ3n) is 2.80. The highest BCUT2D eigenvalue weighted by Gasteiger charge is 2.06. The molecule has 0 aliphatic heterocycles. The highest BCUT2D eigenvalue weighted by Crippen LogP contribution is 2.29. The van der Waals surface area contributed by atoms with Crippen molar-refractivity contribution in [2.75, 3.05) is 7.11 Å². The number of hydrogen-bond acceptors (Lipinski definition) is 2. The first-order valence-electron chi connectivity index (χ1n) is 5.74. The second kappa shape index (κ2) is 5.76. The number of ether oxygens (including phenoxy) is 1. The van der Waals surface area contributed by atoms with Crippen molar-refractivity contribution < 1.29 is 4.74 Å². The minimum Gasteiger partial charge on any atom is -0.497 e. The Morgan fingerprint density at radius 1 is 1.16 bits per heavy atom. The summed E-state index contributed by atoms with van der Waals surface area (Å²) >= 11 is 0. The summed E-state index contributed by atoms with van der Waals surface area (Å²) in [6, 6.07) is 15.4. The van der Waals surface area contributed by atoms with Gasteiger partial charge in [-0.1, -0.05) is 48.1 Å². The van der Waals surface area contributed by atoms with Gasteiger partial charge in [0, 0.05) is 10.6 Å². The Bertz CT molecular complexity index is 641. The molecule has 0 radical (unpaired) electrons. The molecule has 19 heavy (non-hydrogen) atoms. The van der Waals surface area contributed by atoms with E-state index in [1.165, 1.54) is 0 Å². The van der Waals surface area contributed by atoms with E-state index in [0.717, 1.165) is 22.4 Å². The van der Waals surface area contributed by atoms with Crippen LogP contribution in [0.5, 0.6) is 5.75 Å². The molecule has 2 aromatic carbocycles. The van der Waals surface area contributed by atoms with E-state index in [0.29, 0.717) is 5.70 Å². The van der Waals surface area contributed by atoms with Crippen molar-refractivity contribution in [3.8, 4) is 16.9 Å². The number of hydrogen-bond donors (Lipinski definition) is 0. The first-order valence-corrected chi connectivity index (χ1v) is 5.74. The van der Waals surface area contributed by atoms with Crippen LogP contribution < -0.4 is 4.74 Å². The normalized spacial score (nSPS) is 9.53. The number of azide groups is 1. The molecule has 0 amide bonds. The molecule has 4 heteroatoms. The SMILES string of the molecule is C=C(N=[N+]=[N-])c1ccccc1-c1ccc(OC)cc1. The lowest BCUT2D eigenvalue weighted by Gasteiger charge is -2.09. The predicted molar refractivity (Wildman–Crippen MR) is 76.6 cm³/mol. The summed E-state index contributed by atoms with van der Waals surface area (Å²) in [7, 11) is 1.63. The molecule has 0 heterocycles. The number of methoxy groups -OCH3 is 1. The lowest BCUT2D eigenvalue weighted by atomic mass is 9.98. The van der Waals surface area contributed by atoms with Gasteiger partial charge < -0.3 is 4.74 Å². The topological polar surface area (TPSA) is 58.0 Å². The van der Waals surface area contributed by atoms with E-state index < -0.39 is 0 Å². The maximum absolute atomic E-state index is 8.51. The van der Waals surface area contributed by atoms with Crippen molar-refractivity contribution in [3.63, 3.8) is 0 Å². The molecule has 0 N–H and O–H groups in total. The molecule has 0 atom stereocenters. The van der Waals surface area contributed by atoms with Gasteiger partial charge in [0.15, 0.2) is 0 Å². The zero-order valence-corrected chi connectivity index (χ0v) is 10.6. The molecule has 0 bridgehead atoms. The molecule has 0 saturated heterocycles. The van der Waals surface area contributed by atoms with Crippen LogP contribution in [0.25, 0.3) is 27.3 Å². The summed E-state index contributed by atoms with van der Waals surface area (Å²) in [5.41, 5.74) is 11.7. The highest BCUT2D eigenvalue weighted by molar-refractivity contribution is 5.80. The van der Waals surface area contributed by atoms with Gasteiger partial charge in [-0.2, -0.15) is 0 Å². The molecule has 0 unspecified atom stereocenters. The molecule has 2 rings (SSSR count). The Morgan fingerprint density at radius 2 is 1.84 bits per heavy atom. The largest absolute Gasteiger partial charge is 0.497 e. The van der Waals surface area contributed by atoms with Gasteiger partial charge in [-0.25, -0.2) is 0 Å². The van der Waals surface area contributed by atoms with Gasteiger partial charge in [-0.3, -0.25) is 0 Å². The van der Waals surface area contributed by atoms with Gasteiger partial charge >= 0.3 is 0 Å². The van der Waals surface area contributed by atoms with Crippen molar-refractivity contribution in [3.05, 3.63) is 71.1 Å². The monoisotopic (exact) mass is 251 g/mol. The van der Waals surface area contributed by atoms with E-state index in [2.05, 4.69) is 16.6 Å². The van der Waals surface area contributed by atoms with Crippen molar-refractivity contribution in [2.24, 2.45) is 5.11 Å². The maximum Gasteiger partial charge on any atom is 0.118 e. The second-order valence-corrected chi connectivity index (χ2v) is 3.91. The third-order valence-corrected chi connectivity index (χ3v) is 2.80. The Morgan fingerprint density at radius 3 is 2.47 bits per heavy atom. The van der Waals surface area contributed by atoms with Crippen molar-refractivity contribution in [1.29, 1.82) is 0 Å². The number of benzene rings is 2. The average molecular weight is 251 g/mol. The van der Waals surface area contributed by atoms with E-state index >= 15 is 0 Å². The molecule has 0 spiro atoms. The summed E-state index contributed by atoms with van der Waals surface area (Å²) in [5.74, 6) is 0.801. The molecular formula is C15H13N3O. The molecule has 4 nitrogen and oxygen atoms in total. The molecular weight excluding hydrogens is 238 g/mol. The molecule has 0 aromatic heterocycles. The summed E-state index contributed by atoms with van der Waals surface area (Å²) in [6.07, 6.45) is 0. The van der Waals surface area contributed by atoms with Crippen LogP contribution in [-0.2, 0) is 0 Å². The van der Waals surface area contributed by atoms with Crippen LogP contribution >= 0.6 is 0 Å². The van der Waals surface area contributed by atoms with E-state index in [1.54, 1.807) is 7.11 Å². The fourth-order valence-electron chi connectivity index (χ4n) is 1.86. The Hall–Kier alpha value is -2.71. The minimum absolute atomic E-state index is 0.411. The van der Waals surface area contributed by atoms with Gasteiger partial charge in [0.05, 0.1) is 7.11 Å². The molecule has 2 aromatic rings. The maximum atomic E-state index is 8.51. The lowest BCUT2D eigenvalue weighted by Crippen LogP contribution is -1.87. The Kier molecular flexibility index (Phi) is 3.86. The first kappa shape index (κ1) is 12.7. The van der Waals surface area contributed by atoms with Crippen LogP contribution in [-0.4, -0.2) is 7.11 Å². The Labute approximate surface area is 111 Å². The molecule has 0 fully saturated rings. The van der Waals surface area contributed by atoms with Crippen molar-refractivity contribution in [1.82, 2.24) is 0 Å². The van der Waals surface area contributed by atoms with E-state index in [9.17, 15) is 0 Å². The summed E-state index contributed by atoms with van der Waals surface area (Å²) in [6.45, 7) is 3.79. The molecule has 0 saturated carbocycles.